The number of esters is 1. The molecule has 0 aromatic rings. The molecule has 0 amide bonds. The summed E-state index contributed by atoms with van der Waals surface area (Å²) < 4.78 is 4.64. The van der Waals surface area contributed by atoms with E-state index in [0.717, 1.165) is 6.42 Å². The summed E-state index contributed by atoms with van der Waals surface area (Å²) >= 11 is 0. The molecule has 0 fully saturated rings. The molecule has 14 heavy (non-hydrogen) atoms. The Morgan fingerprint density at radius 1 is 1.21 bits per heavy atom. The minimum atomic E-state index is -0.206. The second kappa shape index (κ2) is 6.82. The van der Waals surface area contributed by atoms with Gasteiger partial charge >= 0.3 is 5.97 Å². The maximum Gasteiger partial charge on any atom is 0.322 e. The highest BCUT2D eigenvalue weighted by Crippen LogP contribution is 2.06. The van der Waals surface area contributed by atoms with Crippen LogP contribution in [0.3, 0.4) is 0 Å². The Morgan fingerprint density at radius 2 is 1.79 bits per heavy atom. The molecule has 0 aliphatic carbocycles. The van der Waals surface area contributed by atoms with Crippen molar-refractivity contribution in [3.8, 4) is 0 Å². The number of hydrogen-bond acceptors (Lipinski definition) is 3. The van der Waals surface area contributed by atoms with Crippen LogP contribution in [-0.4, -0.2) is 25.2 Å². The molecule has 0 aliphatic rings. The van der Waals surface area contributed by atoms with Crippen LogP contribution in [0.15, 0.2) is 0 Å². The lowest BCUT2D eigenvalue weighted by atomic mass is 10.0. The molecule has 0 aromatic heterocycles. The largest absolute Gasteiger partial charge is 0.468 e. The smallest absolute Gasteiger partial charge is 0.322 e. The van der Waals surface area contributed by atoms with Crippen molar-refractivity contribution in [3.63, 3.8) is 0 Å². The highest BCUT2D eigenvalue weighted by atomic mass is 16.5. The first-order chi connectivity index (χ1) is 6.47. The summed E-state index contributed by atoms with van der Waals surface area (Å²) in [4.78, 5) is 11.1. The summed E-state index contributed by atoms with van der Waals surface area (Å²) in [5.74, 6) is 0.522. The van der Waals surface area contributed by atoms with Gasteiger partial charge in [-0.1, -0.05) is 13.8 Å². The fraction of sp³-hybridized carbons (Fsp3) is 0.909. The van der Waals surface area contributed by atoms with E-state index in [2.05, 4.69) is 30.8 Å². The third-order valence-electron chi connectivity index (χ3n) is 2.27. The van der Waals surface area contributed by atoms with Gasteiger partial charge in [-0.15, -0.1) is 0 Å². The molecule has 0 radical (unpaired) electrons. The molecule has 0 bridgehead atoms. The fourth-order valence-electron chi connectivity index (χ4n) is 1.34. The highest BCUT2D eigenvalue weighted by molar-refractivity contribution is 5.75. The summed E-state index contributed by atoms with van der Waals surface area (Å²) in [7, 11) is 1.42. The van der Waals surface area contributed by atoms with Gasteiger partial charge in [0.15, 0.2) is 0 Å². The van der Waals surface area contributed by atoms with Gasteiger partial charge in [0.1, 0.15) is 6.04 Å². The van der Waals surface area contributed by atoms with Crippen molar-refractivity contribution in [1.29, 1.82) is 0 Å². The first-order valence-corrected chi connectivity index (χ1v) is 5.31. The first kappa shape index (κ1) is 13.4. The zero-order valence-electron chi connectivity index (χ0n) is 9.96. The van der Waals surface area contributed by atoms with Gasteiger partial charge in [0.25, 0.3) is 0 Å². The molecule has 2 atom stereocenters. The van der Waals surface area contributed by atoms with Gasteiger partial charge < -0.3 is 10.1 Å². The van der Waals surface area contributed by atoms with Crippen LogP contribution in [0.4, 0.5) is 0 Å². The van der Waals surface area contributed by atoms with Crippen LogP contribution in [-0.2, 0) is 9.53 Å². The van der Waals surface area contributed by atoms with E-state index in [-0.39, 0.29) is 12.0 Å². The van der Waals surface area contributed by atoms with Crippen molar-refractivity contribution in [3.05, 3.63) is 0 Å². The van der Waals surface area contributed by atoms with Gasteiger partial charge in [-0.2, -0.15) is 0 Å². The molecule has 3 heteroatoms. The van der Waals surface area contributed by atoms with Gasteiger partial charge in [-0.05, 0) is 32.6 Å². The van der Waals surface area contributed by atoms with E-state index < -0.39 is 0 Å². The predicted molar refractivity (Wildman–Crippen MR) is 58.1 cm³/mol. The lowest BCUT2D eigenvalue weighted by Gasteiger charge is -2.18. The summed E-state index contributed by atoms with van der Waals surface area (Å²) in [6, 6.07) is 0.161. The number of ether oxygens (including phenoxy) is 1. The molecular weight excluding hydrogens is 178 g/mol. The van der Waals surface area contributed by atoms with Crippen molar-refractivity contribution in [2.75, 3.05) is 7.11 Å². The number of nitrogens with one attached hydrogen (secondary N) is 1. The third-order valence-corrected chi connectivity index (χ3v) is 2.27. The Morgan fingerprint density at radius 3 is 2.21 bits per heavy atom. The number of carbonyl (C=O) groups is 1. The Bertz CT molecular complexity index is 169. The molecular formula is C11H23NO2. The normalized spacial score (nSPS) is 15.3. The van der Waals surface area contributed by atoms with Crippen LogP contribution in [0.2, 0.25) is 0 Å². The summed E-state index contributed by atoms with van der Waals surface area (Å²) in [5, 5.41) is 3.21. The second-order valence-corrected chi connectivity index (χ2v) is 4.28. The molecule has 84 valence electrons. The predicted octanol–water partition coefficient (Wildman–Crippen LogP) is 1.96. The number of carbonyl (C=O) groups excluding carboxylic acids is 1. The van der Waals surface area contributed by atoms with Crippen LogP contribution in [0, 0.1) is 5.92 Å². The number of methoxy groups -OCH3 is 1. The van der Waals surface area contributed by atoms with Gasteiger partial charge in [-0.25, -0.2) is 0 Å². The average molecular weight is 201 g/mol. The maximum absolute atomic E-state index is 11.1. The van der Waals surface area contributed by atoms with Gasteiger partial charge in [-0.3, -0.25) is 4.79 Å². The quantitative estimate of drug-likeness (QED) is 0.668. The van der Waals surface area contributed by atoms with E-state index in [1.165, 1.54) is 13.5 Å². The molecule has 0 saturated heterocycles. The fourth-order valence-corrected chi connectivity index (χ4v) is 1.34. The van der Waals surface area contributed by atoms with Crippen molar-refractivity contribution in [1.82, 2.24) is 5.32 Å². The van der Waals surface area contributed by atoms with Crippen molar-refractivity contribution in [2.24, 2.45) is 5.92 Å². The number of rotatable bonds is 6. The van der Waals surface area contributed by atoms with Crippen LogP contribution >= 0.6 is 0 Å². The van der Waals surface area contributed by atoms with E-state index in [9.17, 15) is 4.79 Å². The van der Waals surface area contributed by atoms with Crippen LogP contribution in [0.5, 0.6) is 0 Å². The Kier molecular flexibility index (Phi) is 6.54. The average Bonchev–Trinajstić information content (AvgIpc) is 2.13. The summed E-state index contributed by atoms with van der Waals surface area (Å²) in [5.41, 5.74) is 0. The zero-order valence-corrected chi connectivity index (χ0v) is 9.96. The minimum absolute atomic E-state index is 0.193. The molecule has 0 aromatic carbocycles. The molecule has 0 spiro atoms. The van der Waals surface area contributed by atoms with E-state index in [0.29, 0.717) is 12.0 Å². The molecule has 0 rings (SSSR count). The topological polar surface area (TPSA) is 38.3 Å². The zero-order chi connectivity index (χ0) is 11.1. The van der Waals surface area contributed by atoms with Crippen molar-refractivity contribution < 1.29 is 9.53 Å². The minimum Gasteiger partial charge on any atom is -0.468 e. The standard InChI is InChI=1S/C11H23NO2/c1-8(2)6-7-9(3)12-10(4)11(13)14-5/h8-10,12H,6-7H2,1-5H3/t9?,10-/m0/s1. The Balaban J connectivity index is 3.70. The lowest BCUT2D eigenvalue weighted by Crippen LogP contribution is -2.40. The number of hydrogen-bond donors (Lipinski definition) is 1. The van der Waals surface area contributed by atoms with Gasteiger partial charge in [0, 0.05) is 6.04 Å². The van der Waals surface area contributed by atoms with Gasteiger partial charge in [0.2, 0.25) is 0 Å². The first-order valence-electron chi connectivity index (χ1n) is 5.31. The van der Waals surface area contributed by atoms with Crippen LogP contribution in [0.25, 0.3) is 0 Å². The third kappa shape index (κ3) is 5.97. The molecule has 3 nitrogen and oxygen atoms in total. The van der Waals surface area contributed by atoms with Crippen LogP contribution < -0.4 is 5.32 Å². The van der Waals surface area contributed by atoms with E-state index in [1.807, 2.05) is 6.92 Å². The van der Waals surface area contributed by atoms with Crippen LogP contribution in [0.1, 0.15) is 40.5 Å². The van der Waals surface area contributed by atoms with E-state index in [1.54, 1.807) is 0 Å². The molecule has 1 N–H and O–H groups in total. The van der Waals surface area contributed by atoms with E-state index >= 15 is 0 Å². The Labute approximate surface area is 87.2 Å². The maximum atomic E-state index is 11.1. The highest BCUT2D eigenvalue weighted by Gasteiger charge is 2.15. The van der Waals surface area contributed by atoms with E-state index in [4.69, 9.17) is 0 Å². The molecule has 1 unspecified atom stereocenters. The molecule has 0 aliphatic heterocycles. The van der Waals surface area contributed by atoms with Crippen molar-refractivity contribution >= 4 is 5.97 Å². The Hall–Kier alpha value is -0.570. The molecule has 0 heterocycles. The molecule has 0 saturated carbocycles. The lowest BCUT2D eigenvalue weighted by molar-refractivity contribution is -0.142. The van der Waals surface area contributed by atoms with Crippen molar-refractivity contribution in [2.45, 2.75) is 52.6 Å². The van der Waals surface area contributed by atoms with Gasteiger partial charge in [0.05, 0.1) is 7.11 Å². The summed E-state index contributed by atoms with van der Waals surface area (Å²) in [6.45, 7) is 8.34. The summed E-state index contributed by atoms with van der Waals surface area (Å²) in [6.07, 6.45) is 2.28. The SMILES string of the molecule is COC(=O)[C@H](C)NC(C)CCC(C)C. The monoisotopic (exact) mass is 201 g/mol. The second-order valence-electron chi connectivity index (χ2n) is 4.28.